The maximum atomic E-state index is 13.3. The highest BCUT2D eigenvalue weighted by molar-refractivity contribution is 9.10. The zero-order valence-corrected chi connectivity index (χ0v) is 20.8. The van der Waals surface area contributed by atoms with Gasteiger partial charge in [-0.2, -0.15) is 0 Å². The van der Waals surface area contributed by atoms with Gasteiger partial charge in [0.1, 0.15) is 5.69 Å². The van der Waals surface area contributed by atoms with Gasteiger partial charge in [-0.1, -0.05) is 40.2 Å². The van der Waals surface area contributed by atoms with Crippen molar-refractivity contribution in [2.24, 2.45) is 0 Å². The molecular formula is C24H25BrN6O4. The molecule has 0 radical (unpaired) electrons. The number of hydrogen-bond donors (Lipinski definition) is 3. The summed E-state index contributed by atoms with van der Waals surface area (Å²) < 4.78 is 0.419. The third kappa shape index (κ3) is 5.25. The third-order valence-corrected chi connectivity index (χ3v) is 6.58. The smallest absolute Gasteiger partial charge is 0.294 e. The molecule has 35 heavy (non-hydrogen) atoms. The molecule has 11 heteroatoms. The summed E-state index contributed by atoms with van der Waals surface area (Å²) in [6.45, 7) is 1.25. The van der Waals surface area contributed by atoms with Crippen LogP contribution in [-0.2, 0) is 0 Å². The number of hydrogen-bond acceptors (Lipinski definition) is 7. The Hall–Kier alpha value is -3.57. The summed E-state index contributed by atoms with van der Waals surface area (Å²) in [7, 11) is 3.41. The van der Waals surface area contributed by atoms with Crippen LogP contribution < -0.4 is 16.0 Å². The number of fused-ring (bicyclic) bond motifs is 1. The molecule has 0 bridgehead atoms. The second kappa shape index (κ2) is 10.4. The predicted molar refractivity (Wildman–Crippen MR) is 137 cm³/mol. The summed E-state index contributed by atoms with van der Waals surface area (Å²) in [4.78, 5) is 43.4. The van der Waals surface area contributed by atoms with Gasteiger partial charge in [0.2, 0.25) is 0 Å². The highest BCUT2D eigenvalue weighted by Crippen LogP contribution is 2.34. The Balaban J connectivity index is 1.67. The van der Waals surface area contributed by atoms with E-state index in [1.165, 1.54) is 25.4 Å². The van der Waals surface area contributed by atoms with Gasteiger partial charge < -0.3 is 20.9 Å². The Bertz CT molecular complexity index is 1290. The minimum Gasteiger partial charge on any atom is -0.373 e. The van der Waals surface area contributed by atoms with Crippen LogP contribution in [-0.4, -0.2) is 65.9 Å². The average molecular weight is 541 g/mol. The Morgan fingerprint density at radius 1 is 1.14 bits per heavy atom. The summed E-state index contributed by atoms with van der Waals surface area (Å²) in [6, 6.07) is 9.70. The molecule has 2 aromatic carbocycles. The number of likely N-dealkylation sites (tertiary alicyclic amines) is 1. The number of nitro benzene ring substituents is 1. The van der Waals surface area contributed by atoms with E-state index in [4.69, 9.17) is 0 Å². The molecule has 2 heterocycles. The van der Waals surface area contributed by atoms with Crippen LogP contribution in [0.2, 0.25) is 0 Å². The van der Waals surface area contributed by atoms with Crippen LogP contribution in [0.25, 0.3) is 10.8 Å². The predicted octanol–water partition coefficient (Wildman–Crippen LogP) is 3.18. The lowest BCUT2D eigenvalue weighted by atomic mass is 9.97. The monoisotopic (exact) mass is 540 g/mol. The van der Waals surface area contributed by atoms with Gasteiger partial charge in [0, 0.05) is 41.9 Å². The van der Waals surface area contributed by atoms with Gasteiger partial charge in [-0.3, -0.25) is 24.7 Å². The quantitative estimate of drug-likeness (QED) is 0.323. The van der Waals surface area contributed by atoms with Gasteiger partial charge in [0.25, 0.3) is 17.5 Å². The molecule has 1 aliphatic heterocycles. The number of piperidine rings is 1. The topological polar surface area (TPSA) is 130 Å². The lowest BCUT2D eigenvalue weighted by molar-refractivity contribution is -0.384. The van der Waals surface area contributed by atoms with Gasteiger partial charge in [-0.25, -0.2) is 0 Å². The van der Waals surface area contributed by atoms with Crippen molar-refractivity contribution < 1.29 is 14.5 Å². The number of carbonyl (C=O) groups excluding carboxylic acids is 2. The van der Waals surface area contributed by atoms with Crippen LogP contribution in [0, 0.1) is 10.1 Å². The summed E-state index contributed by atoms with van der Waals surface area (Å²) in [5.41, 5.74) is 0.491. The molecule has 0 spiro atoms. The fourth-order valence-corrected chi connectivity index (χ4v) is 4.81. The summed E-state index contributed by atoms with van der Waals surface area (Å²) in [5.74, 6) is -0.726. The second-order valence-electron chi connectivity index (χ2n) is 8.47. The van der Waals surface area contributed by atoms with E-state index < -0.39 is 10.8 Å². The molecule has 2 amide bonds. The maximum Gasteiger partial charge on any atom is 0.294 e. The second-order valence-corrected chi connectivity index (χ2v) is 9.39. The van der Waals surface area contributed by atoms with Gasteiger partial charge in [-0.15, -0.1) is 0 Å². The Morgan fingerprint density at radius 3 is 2.66 bits per heavy atom. The van der Waals surface area contributed by atoms with E-state index in [0.29, 0.717) is 23.0 Å². The SMILES string of the molecule is CNC(=O)c1cc(Br)cc([N+](=O)[O-])c1N[C@@H]1CN(C)CC[C@@H]1NC(=O)c1cncc2ccccc12. The zero-order chi connectivity index (χ0) is 25.1. The number of likely N-dealkylation sites (N-methyl/N-ethyl adjacent to an activating group) is 1. The number of rotatable bonds is 6. The van der Waals surface area contributed by atoms with Crippen LogP contribution in [0.15, 0.2) is 53.3 Å². The number of benzene rings is 2. The minimum absolute atomic E-state index is 0.115. The highest BCUT2D eigenvalue weighted by atomic mass is 79.9. The lowest BCUT2D eigenvalue weighted by Gasteiger charge is -2.38. The number of carbonyl (C=O) groups is 2. The van der Waals surface area contributed by atoms with Crippen LogP contribution in [0.5, 0.6) is 0 Å². The number of nitrogens with zero attached hydrogens (tertiary/aromatic N) is 3. The first kappa shape index (κ1) is 24.6. The first-order valence-corrected chi connectivity index (χ1v) is 11.9. The van der Waals surface area contributed by atoms with Crippen molar-refractivity contribution in [1.29, 1.82) is 0 Å². The molecule has 3 N–H and O–H groups in total. The maximum absolute atomic E-state index is 13.3. The normalized spacial score (nSPS) is 18.1. The molecule has 0 unspecified atom stereocenters. The molecule has 10 nitrogen and oxygen atoms in total. The number of anilines is 1. The van der Waals surface area contributed by atoms with Gasteiger partial charge in [-0.05, 0) is 31.5 Å². The Labute approximate surface area is 210 Å². The molecule has 3 aromatic rings. The first-order valence-electron chi connectivity index (χ1n) is 11.1. The molecule has 4 rings (SSSR count). The minimum atomic E-state index is -0.526. The standard InChI is InChI=1S/C24H25BrN6O4/c1-26-23(32)17-9-15(25)10-21(31(34)35)22(17)28-20-13-30(2)8-7-19(20)29-24(33)18-12-27-11-14-5-3-4-6-16(14)18/h3-6,9-12,19-20,28H,7-8,13H2,1-2H3,(H,26,32)(H,29,33)/t19-,20+/m0/s1. The molecule has 0 saturated carbocycles. The van der Waals surface area contributed by atoms with Crippen molar-refractivity contribution in [2.45, 2.75) is 18.5 Å². The lowest BCUT2D eigenvalue weighted by Crippen LogP contribution is -2.56. The zero-order valence-electron chi connectivity index (χ0n) is 19.2. The third-order valence-electron chi connectivity index (χ3n) is 6.13. The number of halogens is 1. The van der Waals surface area contributed by atoms with Crippen LogP contribution in [0.1, 0.15) is 27.1 Å². The summed E-state index contributed by atoms with van der Waals surface area (Å²) >= 11 is 3.25. The molecule has 1 aliphatic rings. The number of amides is 2. The summed E-state index contributed by atoms with van der Waals surface area (Å²) in [6.07, 6.45) is 3.87. The largest absolute Gasteiger partial charge is 0.373 e. The van der Waals surface area contributed by atoms with E-state index in [1.54, 1.807) is 6.20 Å². The van der Waals surface area contributed by atoms with Crippen molar-refractivity contribution >= 4 is 49.9 Å². The molecule has 1 saturated heterocycles. The van der Waals surface area contributed by atoms with Crippen molar-refractivity contribution in [3.63, 3.8) is 0 Å². The highest BCUT2D eigenvalue weighted by Gasteiger charge is 2.33. The van der Waals surface area contributed by atoms with E-state index in [1.807, 2.05) is 31.3 Å². The van der Waals surface area contributed by atoms with E-state index in [9.17, 15) is 19.7 Å². The van der Waals surface area contributed by atoms with Crippen LogP contribution in [0.3, 0.4) is 0 Å². The Kier molecular flexibility index (Phi) is 7.27. The number of nitrogens with one attached hydrogen (secondary N) is 3. The van der Waals surface area contributed by atoms with E-state index >= 15 is 0 Å². The number of pyridine rings is 1. The number of aromatic nitrogens is 1. The van der Waals surface area contributed by atoms with Crippen molar-refractivity contribution in [3.8, 4) is 0 Å². The van der Waals surface area contributed by atoms with Gasteiger partial charge in [0.05, 0.1) is 28.1 Å². The van der Waals surface area contributed by atoms with E-state index in [2.05, 4.69) is 41.8 Å². The van der Waals surface area contributed by atoms with Gasteiger partial charge >= 0.3 is 0 Å². The van der Waals surface area contributed by atoms with E-state index in [0.717, 1.165) is 17.3 Å². The molecule has 182 valence electrons. The Morgan fingerprint density at radius 2 is 1.91 bits per heavy atom. The first-order chi connectivity index (χ1) is 16.8. The van der Waals surface area contributed by atoms with E-state index in [-0.39, 0.29) is 34.9 Å². The molecule has 1 fully saturated rings. The fourth-order valence-electron chi connectivity index (χ4n) is 4.36. The van der Waals surface area contributed by atoms with Crippen LogP contribution in [0.4, 0.5) is 11.4 Å². The van der Waals surface area contributed by atoms with Crippen LogP contribution >= 0.6 is 15.9 Å². The molecule has 2 atom stereocenters. The van der Waals surface area contributed by atoms with Crippen molar-refractivity contribution in [1.82, 2.24) is 20.5 Å². The average Bonchev–Trinajstić information content (AvgIpc) is 2.85. The summed E-state index contributed by atoms with van der Waals surface area (Å²) in [5, 5.41) is 22.3. The van der Waals surface area contributed by atoms with Crippen molar-refractivity contribution in [2.75, 3.05) is 32.5 Å². The molecule has 0 aliphatic carbocycles. The molecular weight excluding hydrogens is 516 g/mol. The molecule has 1 aromatic heterocycles. The van der Waals surface area contributed by atoms with Crippen molar-refractivity contribution in [3.05, 3.63) is 74.5 Å². The number of nitro groups is 1. The fraction of sp³-hybridized carbons (Fsp3) is 0.292. The van der Waals surface area contributed by atoms with Gasteiger partial charge in [0.15, 0.2) is 0 Å².